The number of aromatic nitrogens is 1. The number of hydrogen-bond acceptors (Lipinski definition) is 3. The minimum Gasteiger partial charge on any atom is -0.370 e. The fourth-order valence-electron chi connectivity index (χ4n) is 1.69. The van der Waals surface area contributed by atoms with Gasteiger partial charge >= 0.3 is 0 Å². The molecule has 0 aliphatic rings. The Kier molecular flexibility index (Phi) is 4.94. The van der Waals surface area contributed by atoms with Crippen molar-refractivity contribution < 1.29 is 4.79 Å². The normalized spacial score (nSPS) is 10.4. The van der Waals surface area contributed by atoms with Crippen LogP contribution in [0.25, 0.3) is 0 Å². The molecule has 1 aromatic rings. The molecule has 0 atom stereocenters. The average Bonchev–Trinajstić information content (AvgIpc) is 2.28. The van der Waals surface area contributed by atoms with Crippen molar-refractivity contribution in [1.82, 2.24) is 9.88 Å². The SMILES string of the molecule is CCNc1cc(C(=O)N(C)CC(C)C)ccn1. The molecular weight excluding hydrogens is 214 g/mol. The number of rotatable bonds is 5. The molecule has 0 saturated heterocycles. The Hall–Kier alpha value is -1.58. The van der Waals surface area contributed by atoms with Crippen LogP contribution in [0, 0.1) is 5.92 Å². The van der Waals surface area contributed by atoms with Gasteiger partial charge in [-0.05, 0) is 25.0 Å². The van der Waals surface area contributed by atoms with E-state index in [-0.39, 0.29) is 5.91 Å². The predicted molar refractivity (Wildman–Crippen MR) is 70.2 cm³/mol. The van der Waals surface area contributed by atoms with E-state index in [1.165, 1.54) is 0 Å². The average molecular weight is 235 g/mol. The third kappa shape index (κ3) is 4.06. The highest BCUT2D eigenvalue weighted by molar-refractivity contribution is 5.94. The Morgan fingerprint density at radius 3 is 2.82 bits per heavy atom. The van der Waals surface area contributed by atoms with E-state index in [9.17, 15) is 4.79 Å². The second-order valence-electron chi connectivity index (χ2n) is 4.54. The summed E-state index contributed by atoms with van der Waals surface area (Å²) in [5.74, 6) is 1.26. The maximum atomic E-state index is 12.1. The van der Waals surface area contributed by atoms with Crippen molar-refractivity contribution in [1.29, 1.82) is 0 Å². The van der Waals surface area contributed by atoms with Crippen molar-refractivity contribution >= 4 is 11.7 Å². The number of anilines is 1. The highest BCUT2D eigenvalue weighted by Crippen LogP contribution is 2.10. The number of carbonyl (C=O) groups is 1. The van der Waals surface area contributed by atoms with Crippen LogP contribution in [0.2, 0.25) is 0 Å². The summed E-state index contributed by atoms with van der Waals surface area (Å²) < 4.78 is 0. The lowest BCUT2D eigenvalue weighted by Gasteiger charge is -2.19. The quantitative estimate of drug-likeness (QED) is 0.851. The monoisotopic (exact) mass is 235 g/mol. The molecule has 94 valence electrons. The van der Waals surface area contributed by atoms with Gasteiger partial charge in [0.25, 0.3) is 5.91 Å². The van der Waals surface area contributed by atoms with E-state index < -0.39 is 0 Å². The Balaban J connectivity index is 2.77. The lowest BCUT2D eigenvalue weighted by atomic mass is 10.2. The zero-order valence-electron chi connectivity index (χ0n) is 11.0. The van der Waals surface area contributed by atoms with E-state index in [0.29, 0.717) is 11.5 Å². The summed E-state index contributed by atoms with van der Waals surface area (Å²) in [6.45, 7) is 7.76. The third-order valence-corrected chi connectivity index (χ3v) is 2.35. The van der Waals surface area contributed by atoms with Gasteiger partial charge in [-0.1, -0.05) is 13.8 Å². The Morgan fingerprint density at radius 1 is 1.53 bits per heavy atom. The summed E-state index contributed by atoms with van der Waals surface area (Å²) in [7, 11) is 1.83. The van der Waals surface area contributed by atoms with Crippen LogP contribution < -0.4 is 5.32 Å². The molecule has 0 saturated carbocycles. The molecule has 4 nitrogen and oxygen atoms in total. The van der Waals surface area contributed by atoms with Crippen molar-refractivity contribution in [3.8, 4) is 0 Å². The second-order valence-corrected chi connectivity index (χ2v) is 4.54. The summed E-state index contributed by atoms with van der Waals surface area (Å²) >= 11 is 0. The first-order valence-corrected chi connectivity index (χ1v) is 6.00. The molecule has 0 fully saturated rings. The van der Waals surface area contributed by atoms with Crippen LogP contribution in [0.1, 0.15) is 31.1 Å². The molecule has 1 aromatic heterocycles. The zero-order valence-corrected chi connectivity index (χ0v) is 11.0. The number of nitrogens with one attached hydrogen (secondary N) is 1. The molecular formula is C13H21N3O. The third-order valence-electron chi connectivity index (χ3n) is 2.35. The minimum absolute atomic E-state index is 0.0419. The van der Waals surface area contributed by atoms with Gasteiger partial charge in [-0.25, -0.2) is 4.98 Å². The lowest BCUT2D eigenvalue weighted by molar-refractivity contribution is 0.0779. The van der Waals surface area contributed by atoms with Gasteiger partial charge in [0, 0.05) is 31.9 Å². The van der Waals surface area contributed by atoms with Gasteiger partial charge < -0.3 is 10.2 Å². The summed E-state index contributed by atoms with van der Waals surface area (Å²) in [5.41, 5.74) is 0.680. The van der Waals surface area contributed by atoms with Gasteiger partial charge in [0.2, 0.25) is 0 Å². The number of hydrogen-bond donors (Lipinski definition) is 1. The van der Waals surface area contributed by atoms with Crippen LogP contribution in [-0.4, -0.2) is 35.9 Å². The molecule has 0 radical (unpaired) electrons. The molecule has 0 bridgehead atoms. The largest absolute Gasteiger partial charge is 0.370 e. The smallest absolute Gasteiger partial charge is 0.253 e. The molecule has 4 heteroatoms. The molecule has 0 spiro atoms. The van der Waals surface area contributed by atoms with E-state index >= 15 is 0 Å². The van der Waals surface area contributed by atoms with Crippen LogP contribution in [0.3, 0.4) is 0 Å². The summed E-state index contributed by atoms with van der Waals surface area (Å²) in [4.78, 5) is 18.0. The Morgan fingerprint density at radius 2 is 2.24 bits per heavy atom. The van der Waals surface area contributed by atoms with Crippen molar-refractivity contribution in [2.75, 3.05) is 25.5 Å². The number of pyridine rings is 1. The standard InChI is InChI=1S/C13H21N3O/c1-5-14-12-8-11(6-7-15-12)13(17)16(4)9-10(2)3/h6-8,10H,5,9H2,1-4H3,(H,14,15). The van der Waals surface area contributed by atoms with Crippen molar-refractivity contribution in [2.24, 2.45) is 5.92 Å². The topological polar surface area (TPSA) is 45.2 Å². The van der Waals surface area contributed by atoms with Crippen LogP contribution in [-0.2, 0) is 0 Å². The molecule has 0 aliphatic carbocycles. The maximum Gasteiger partial charge on any atom is 0.253 e. The molecule has 0 unspecified atom stereocenters. The summed E-state index contributed by atoms with van der Waals surface area (Å²) in [6.07, 6.45) is 1.66. The molecule has 1 amide bonds. The highest BCUT2D eigenvalue weighted by atomic mass is 16.2. The number of nitrogens with zero attached hydrogens (tertiary/aromatic N) is 2. The van der Waals surface area contributed by atoms with Gasteiger partial charge in [0.1, 0.15) is 5.82 Å². The zero-order chi connectivity index (χ0) is 12.8. The molecule has 0 aromatic carbocycles. The maximum absolute atomic E-state index is 12.1. The van der Waals surface area contributed by atoms with E-state index in [4.69, 9.17) is 0 Å². The van der Waals surface area contributed by atoms with Gasteiger partial charge in [-0.3, -0.25) is 4.79 Å². The fourth-order valence-corrected chi connectivity index (χ4v) is 1.69. The molecule has 17 heavy (non-hydrogen) atoms. The number of carbonyl (C=O) groups excluding carboxylic acids is 1. The van der Waals surface area contributed by atoms with Crippen molar-refractivity contribution in [3.63, 3.8) is 0 Å². The fraction of sp³-hybridized carbons (Fsp3) is 0.538. The van der Waals surface area contributed by atoms with E-state index in [2.05, 4.69) is 24.1 Å². The predicted octanol–water partition coefficient (Wildman–Crippen LogP) is 2.24. The van der Waals surface area contributed by atoms with Gasteiger partial charge in [-0.15, -0.1) is 0 Å². The van der Waals surface area contributed by atoms with Crippen LogP contribution in [0.5, 0.6) is 0 Å². The van der Waals surface area contributed by atoms with Crippen molar-refractivity contribution in [2.45, 2.75) is 20.8 Å². The molecule has 0 aliphatic heterocycles. The second kappa shape index (κ2) is 6.23. The number of amides is 1. The molecule has 1 N–H and O–H groups in total. The Bertz CT molecular complexity index is 377. The van der Waals surface area contributed by atoms with Crippen LogP contribution in [0.15, 0.2) is 18.3 Å². The first-order valence-electron chi connectivity index (χ1n) is 6.00. The first-order chi connectivity index (χ1) is 8.04. The highest BCUT2D eigenvalue weighted by Gasteiger charge is 2.13. The Labute approximate surface area is 103 Å². The lowest BCUT2D eigenvalue weighted by Crippen LogP contribution is -2.30. The minimum atomic E-state index is 0.0419. The van der Waals surface area contributed by atoms with Gasteiger partial charge in [0.15, 0.2) is 0 Å². The van der Waals surface area contributed by atoms with Gasteiger partial charge in [-0.2, -0.15) is 0 Å². The first kappa shape index (κ1) is 13.5. The van der Waals surface area contributed by atoms with E-state index in [0.717, 1.165) is 18.9 Å². The van der Waals surface area contributed by atoms with Crippen LogP contribution >= 0.6 is 0 Å². The van der Waals surface area contributed by atoms with Crippen molar-refractivity contribution in [3.05, 3.63) is 23.9 Å². The molecule has 1 heterocycles. The van der Waals surface area contributed by atoms with E-state index in [1.54, 1.807) is 23.2 Å². The summed E-state index contributed by atoms with van der Waals surface area (Å²) in [6, 6.07) is 3.54. The summed E-state index contributed by atoms with van der Waals surface area (Å²) in [5, 5.41) is 3.10. The van der Waals surface area contributed by atoms with Crippen LogP contribution in [0.4, 0.5) is 5.82 Å². The van der Waals surface area contributed by atoms with Gasteiger partial charge in [0.05, 0.1) is 0 Å². The molecule has 1 rings (SSSR count). The van der Waals surface area contributed by atoms with E-state index in [1.807, 2.05) is 14.0 Å².